The monoisotopic (exact) mass is 259 g/mol. The normalized spacial score (nSPS) is 9.43. The fourth-order valence-electron chi connectivity index (χ4n) is 1.50. The van der Waals surface area contributed by atoms with Crippen LogP contribution >= 0.6 is 0 Å². The van der Waals surface area contributed by atoms with Crippen molar-refractivity contribution in [2.75, 3.05) is 0 Å². The molecule has 1 radical (unpaired) electrons. The zero-order chi connectivity index (χ0) is 9.26. The van der Waals surface area contributed by atoms with Crippen LogP contribution in [0.2, 0.25) is 0 Å². The van der Waals surface area contributed by atoms with Crippen molar-refractivity contribution in [1.29, 1.82) is 0 Å². The van der Waals surface area contributed by atoms with E-state index in [2.05, 4.69) is 6.58 Å². The van der Waals surface area contributed by atoms with Gasteiger partial charge >= 0.3 is 0 Å². The van der Waals surface area contributed by atoms with Crippen LogP contribution in [0, 0.1) is 0 Å². The number of benzene rings is 2. The Kier molecular flexibility index (Phi) is 3.85. The van der Waals surface area contributed by atoms with Crippen molar-refractivity contribution in [3.8, 4) is 5.75 Å². The summed E-state index contributed by atoms with van der Waals surface area (Å²) < 4.78 is 0. The molecule has 1 N–H and O–H groups in total. The van der Waals surface area contributed by atoms with E-state index in [0.29, 0.717) is 0 Å². The van der Waals surface area contributed by atoms with Crippen LogP contribution in [-0.2, 0) is 32.7 Å². The summed E-state index contributed by atoms with van der Waals surface area (Å²) >= 11 is 0. The molecule has 2 aromatic carbocycles. The average molecular weight is 259 g/mol. The van der Waals surface area contributed by atoms with Crippen LogP contribution < -0.4 is 0 Å². The van der Waals surface area contributed by atoms with Gasteiger partial charge in [-0.15, -0.1) is 0 Å². The molecule has 0 saturated carbocycles. The molecule has 14 heavy (non-hydrogen) atoms. The summed E-state index contributed by atoms with van der Waals surface area (Å²) in [4.78, 5) is 0. The van der Waals surface area contributed by atoms with E-state index in [1.54, 1.807) is 12.1 Å². The van der Waals surface area contributed by atoms with Crippen molar-refractivity contribution < 1.29 is 37.8 Å². The number of fused-ring (bicyclic) bond motifs is 1. The van der Waals surface area contributed by atoms with Gasteiger partial charge in [-0.25, -0.2) is 0 Å². The molecule has 0 aliphatic carbocycles. The van der Waals surface area contributed by atoms with Gasteiger partial charge in [0.25, 0.3) is 0 Å². The summed E-state index contributed by atoms with van der Waals surface area (Å²) in [5, 5.41) is 11.7. The van der Waals surface area contributed by atoms with Crippen molar-refractivity contribution >= 4 is 16.8 Å². The summed E-state index contributed by atoms with van der Waals surface area (Å²) in [6.07, 6.45) is 1.68. The Morgan fingerprint density at radius 1 is 1.07 bits per heavy atom. The van der Waals surface area contributed by atoms with E-state index in [-0.39, 0.29) is 38.5 Å². The molecule has 67 valence electrons. The van der Waals surface area contributed by atoms with Crippen LogP contribution in [0.25, 0.3) is 16.8 Å². The first kappa shape index (κ1) is 11.4. The predicted molar refractivity (Wildman–Crippen MR) is 55.7 cm³/mol. The van der Waals surface area contributed by atoms with Gasteiger partial charge in [0, 0.05) is 38.3 Å². The number of phenols is 1. The van der Waals surface area contributed by atoms with Crippen molar-refractivity contribution in [3.05, 3.63) is 48.5 Å². The minimum absolute atomic E-state index is 0. The van der Waals surface area contributed by atoms with Gasteiger partial charge in [-0.2, -0.15) is 0 Å². The third-order valence-electron chi connectivity index (χ3n) is 2.15. The summed E-state index contributed by atoms with van der Waals surface area (Å²) in [6, 6.07) is 11.5. The molecule has 0 atom stereocenters. The van der Waals surface area contributed by atoms with Gasteiger partial charge in [0.15, 0.2) is 0 Å². The van der Waals surface area contributed by atoms with E-state index < -0.39 is 0 Å². The second kappa shape index (κ2) is 4.72. The van der Waals surface area contributed by atoms with Crippen LogP contribution in [0.3, 0.4) is 0 Å². The second-order valence-corrected chi connectivity index (χ2v) is 2.92. The topological polar surface area (TPSA) is 20.2 Å². The first-order valence-electron chi connectivity index (χ1n) is 4.16. The van der Waals surface area contributed by atoms with E-state index in [9.17, 15) is 5.11 Å². The maximum Gasteiger partial charge on any atom is 0.123 e. The van der Waals surface area contributed by atoms with Gasteiger partial charge in [-0.05, 0) is 16.8 Å². The first-order chi connectivity index (χ1) is 6.33. The van der Waals surface area contributed by atoms with Crippen LogP contribution in [0.1, 0.15) is 5.56 Å². The molecule has 0 spiro atoms. The standard InChI is InChI=1S/C12H10O.Y/c1-2-10-11-6-4-3-5-9(11)7-8-12(10)13;/h2-8,13H,1H2;. The van der Waals surface area contributed by atoms with Crippen molar-refractivity contribution in [1.82, 2.24) is 0 Å². The van der Waals surface area contributed by atoms with E-state index >= 15 is 0 Å². The molecular weight excluding hydrogens is 249 g/mol. The molecule has 0 bridgehead atoms. The van der Waals surface area contributed by atoms with Gasteiger partial charge in [0.2, 0.25) is 0 Å². The number of phenolic OH excluding ortho intramolecular Hbond substituents is 1. The minimum Gasteiger partial charge on any atom is -0.507 e. The van der Waals surface area contributed by atoms with Crippen LogP contribution in [0.5, 0.6) is 5.75 Å². The second-order valence-electron chi connectivity index (χ2n) is 2.92. The molecule has 2 heteroatoms. The quantitative estimate of drug-likeness (QED) is 0.833. The predicted octanol–water partition coefficient (Wildman–Crippen LogP) is 3.19. The Bertz CT molecular complexity index is 463. The van der Waals surface area contributed by atoms with Crippen molar-refractivity contribution in [2.45, 2.75) is 0 Å². The molecule has 0 unspecified atom stereocenters. The zero-order valence-electron chi connectivity index (χ0n) is 7.77. The van der Waals surface area contributed by atoms with Gasteiger partial charge in [0.1, 0.15) is 5.75 Å². The molecule has 0 aliphatic rings. The van der Waals surface area contributed by atoms with E-state index in [0.717, 1.165) is 16.3 Å². The molecule has 0 heterocycles. The maximum atomic E-state index is 9.54. The Labute approximate surface area is 108 Å². The summed E-state index contributed by atoms with van der Waals surface area (Å²) in [5.74, 6) is 0.286. The SMILES string of the molecule is C=Cc1c(O)ccc2ccccc12.[Y]. The van der Waals surface area contributed by atoms with Gasteiger partial charge < -0.3 is 5.11 Å². The van der Waals surface area contributed by atoms with Gasteiger partial charge in [0.05, 0.1) is 0 Å². The van der Waals surface area contributed by atoms with E-state index in [1.165, 1.54) is 0 Å². The molecular formula is C12H10OY. The first-order valence-corrected chi connectivity index (χ1v) is 4.16. The van der Waals surface area contributed by atoms with Crippen molar-refractivity contribution in [2.24, 2.45) is 0 Å². The Hall–Kier alpha value is -0.656. The number of rotatable bonds is 1. The summed E-state index contributed by atoms with van der Waals surface area (Å²) in [5.41, 5.74) is 0.804. The Morgan fingerprint density at radius 2 is 1.79 bits per heavy atom. The van der Waals surface area contributed by atoms with E-state index in [1.807, 2.05) is 30.3 Å². The molecule has 2 rings (SSSR count). The maximum absolute atomic E-state index is 9.54. The molecule has 0 aromatic heterocycles. The van der Waals surface area contributed by atoms with Crippen LogP contribution in [0.4, 0.5) is 0 Å². The fraction of sp³-hybridized carbons (Fsp3) is 0. The Morgan fingerprint density at radius 3 is 2.50 bits per heavy atom. The molecule has 0 fully saturated rings. The van der Waals surface area contributed by atoms with Crippen molar-refractivity contribution in [3.63, 3.8) is 0 Å². The van der Waals surface area contributed by atoms with E-state index in [4.69, 9.17) is 0 Å². The number of aromatic hydroxyl groups is 1. The van der Waals surface area contributed by atoms with Crippen LogP contribution in [-0.4, -0.2) is 5.11 Å². The summed E-state index contributed by atoms with van der Waals surface area (Å²) in [7, 11) is 0. The third kappa shape index (κ3) is 1.89. The largest absolute Gasteiger partial charge is 0.507 e. The van der Waals surface area contributed by atoms with Gasteiger partial charge in [-0.3, -0.25) is 0 Å². The molecule has 0 saturated heterocycles. The Balaban J connectivity index is 0.000000980. The minimum atomic E-state index is 0. The number of hydrogen-bond acceptors (Lipinski definition) is 1. The average Bonchev–Trinajstić information content (AvgIpc) is 2.18. The molecule has 1 nitrogen and oxygen atoms in total. The number of hydrogen-bond donors (Lipinski definition) is 1. The third-order valence-corrected chi connectivity index (χ3v) is 2.15. The molecule has 2 aromatic rings. The molecule has 0 amide bonds. The van der Waals surface area contributed by atoms with Gasteiger partial charge in [-0.1, -0.05) is 43.0 Å². The summed E-state index contributed by atoms with van der Waals surface area (Å²) in [6.45, 7) is 3.68. The van der Waals surface area contributed by atoms with Crippen LogP contribution in [0.15, 0.2) is 43.0 Å². The fourth-order valence-corrected chi connectivity index (χ4v) is 1.50. The zero-order valence-corrected chi connectivity index (χ0v) is 10.6. The smallest absolute Gasteiger partial charge is 0.123 e. The molecule has 0 aliphatic heterocycles.